The first kappa shape index (κ1) is 15.0. The van der Waals surface area contributed by atoms with Crippen LogP contribution in [0.15, 0.2) is 23.4 Å². The lowest BCUT2D eigenvalue weighted by atomic mass is 9.97. The Morgan fingerprint density at radius 3 is 2.40 bits per heavy atom. The van der Waals surface area contributed by atoms with Crippen molar-refractivity contribution < 1.29 is 9.59 Å². The van der Waals surface area contributed by atoms with Crippen LogP contribution in [-0.4, -0.2) is 22.5 Å². The summed E-state index contributed by atoms with van der Waals surface area (Å²) in [4.78, 5) is 29.0. The van der Waals surface area contributed by atoms with Gasteiger partial charge in [0, 0.05) is 5.92 Å². The van der Waals surface area contributed by atoms with Gasteiger partial charge in [-0.2, -0.15) is 10.1 Å². The molecule has 1 aromatic rings. The molecule has 1 aromatic heterocycles. The van der Waals surface area contributed by atoms with Crippen LogP contribution in [0.4, 0.5) is 11.5 Å². The first-order valence-corrected chi connectivity index (χ1v) is 9.36. The summed E-state index contributed by atoms with van der Waals surface area (Å²) in [5.74, 6) is 2.47. The molecule has 3 aliphatic carbocycles. The minimum atomic E-state index is -0.0197. The van der Waals surface area contributed by atoms with Gasteiger partial charge in [-0.3, -0.25) is 9.59 Å². The first-order chi connectivity index (χ1) is 12.2. The number of nitrogens with zero attached hydrogens (tertiary/aromatic N) is 3. The topological polar surface area (TPSA) is 74.7 Å². The largest absolute Gasteiger partial charge is 0.324 e. The van der Waals surface area contributed by atoms with Crippen LogP contribution < -0.4 is 10.3 Å². The first-order valence-electron chi connectivity index (χ1n) is 9.36. The molecule has 0 spiro atoms. The van der Waals surface area contributed by atoms with Crippen molar-refractivity contribution in [2.75, 3.05) is 10.3 Å². The SMILES string of the molecule is O=C(Nc1ccc(N2N=C(C3CC3)CC2=O)nc1)C(C1CC1)C1CC1. The number of aromatic nitrogens is 1. The molecule has 2 heterocycles. The van der Waals surface area contributed by atoms with Crippen molar-refractivity contribution in [3.63, 3.8) is 0 Å². The molecule has 0 radical (unpaired) electrons. The minimum absolute atomic E-state index is 0.0197. The Morgan fingerprint density at radius 2 is 1.84 bits per heavy atom. The number of hydrogen-bond acceptors (Lipinski definition) is 4. The van der Waals surface area contributed by atoms with Crippen LogP contribution >= 0.6 is 0 Å². The highest BCUT2D eigenvalue weighted by Crippen LogP contribution is 2.49. The van der Waals surface area contributed by atoms with Crippen LogP contribution in [0.25, 0.3) is 0 Å². The van der Waals surface area contributed by atoms with E-state index < -0.39 is 0 Å². The molecule has 130 valence electrons. The maximum atomic E-state index is 12.6. The number of anilines is 2. The van der Waals surface area contributed by atoms with Crippen molar-refractivity contribution in [2.45, 2.75) is 44.9 Å². The number of pyridine rings is 1. The zero-order valence-electron chi connectivity index (χ0n) is 14.1. The zero-order valence-corrected chi connectivity index (χ0v) is 14.1. The molecule has 1 aliphatic heterocycles. The van der Waals surface area contributed by atoms with Gasteiger partial charge in [0.15, 0.2) is 5.82 Å². The van der Waals surface area contributed by atoms with Gasteiger partial charge in [0.25, 0.3) is 5.91 Å². The summed E-state index contributed by atoms with van der Waals surface area (Å²) in [5, 5.41) is 8.84. The fourth-order valence-corrected chi connectivity index (χ4v) is 3.81. The third-order valence-electron chi connectivity index (χ3n) is 5.64. The minimum Gasteiger partial charge on any atom is -0.324 e. The summed E-state index contributed by atoms with van der Waals surface area (Å²) >= 11 is 0. The second kappa shape index (κ2) is 5.64. The average Bonchev–Trinajstić information content (AvgIpc) is 3.43. The van der Waals surface area contributed by atoms with Crippen molar-refractivity contribution in [1.82, 2.24) is 4.98 Å². The van der Waals surface area contributed by atoms with Gasteiger partial charge in [-0.25, -0.2) is 4.98 Å². The summed E-state index contributed by atoms with van der Waals surface area (Å²) in [6.07, 6.45) is 9.06. The third kappa shape index (κ3) is 3.05. The maximum absolute atomic E-state index is 12.6. The van der Waals surface area contributed by atoms with Crippen molar-refractivity contribution in [3.8, 4) is 0 Å². The molecule has 3 saturated carbocycles. The number of rotatable bonds is 6. The Labute approximate surface area is 146 Å². The van der Waals surface area contributed by atoms with E-state index in [4.69, 9.17) is 0 Å². The second-order valence-corrected chi connectivity index (χ2v) is 7.84. The number of hydrogen-bond donors (Lipinski definition) is 1. The molecule has 0 unspecified atom stereocenters. The van der Waals surface area contributed by atoms with E-state index in [9.17, 15) is 9.59 Å². The number of carbonyl (C=O) groups excluding carboxylic acids is 2. The number of hydrazone groups is 1. The van der Waals surface area contributed by atoms with E-state index in [1.807, 2.05) is 6.07 Å². The summed E-state index contributed by atoms with van der Waals surface area (Å²) in [7, 11) is 0. The fraction of sp³-hybridized carbons (Fsp3) is 0.579. The Hall–Kier alpha value is -2.24. The normalized spacial score (nSPS) is 23.2. The van der Waals surface area contributed by atoms with Gasteiger partial charge >= 0.3 is 0 Å². The van der Waals surface area contributed by atoms with E-state index in [1.165, 1.54) is 30.7 Å². The van der Waals surface area contributed by atoms with Gasteiger partial charge in [0.1, 0.15) is 0 Å². The van der Waals surface area contributed by atoms with Crippen LogP contribution in [0.5, 0.6) is 0 Å². The van der Waals surface area contributed by atoms with E-state index in [0.717, 1.165) is 18.6 Å². The van der Waals surface area contributed by atoms with Gasteiger partial charge in [0.2, 0.25) is 5.91 Å². The molecule has 0 saturated heterocycles. The van der Waals surface area contributed by atoms with E-state index in [2.05, 4.69) is 15.4 Å². The number of nitrogens with one attached hydrogen (secondary N) is 1. The van der Waals surface area contributed by atoms with E-state index in [-0.39, 0.29) is 17.7 Å². The molecule has 3 fully saturated rings. The van der Waals surface area contributed by atoms with E-state index in [1.54, 1.807) is 12.3 Å². The van der Waals surface area contributed by atoms with Gasteiger partial charge in [-0.05, 0) is 68.4 Å². The monoisotopic (exact) mass is 338 g/mol. The predicted molar refractivity (Wildman–Crippen MR) is 94.1 cm³/mol. The quantitative estimate of drug-likeness (QED) is 0.866. The summed E-state index contributed by atoms with van der Waals surface area (Å²) in [6.45, 7) is 0. The molecule has 6 nitrogen and oxygen atoms in total. The highest BCUT2D eigenvalue weighted by atomic mass is 16.2. The third-order valence-corrected chi connectivity index (χ3v) is 5.64. The van der Waals surface area contributed by atoms with Crippen LogP contribution in [0.2, 0.25) is 0 Å². The molecule has 6 heteroatoms. The van der Waals surface area contributed by atoms with E-state index >= 15 is 0 Å². The van der Waals surface area contributed by atoms with Crippen LogP contribution in [0.1, 0.15) is 44.9 Å². The highest BCUT2D eigenvalue weighted by molar-refractivity contribution is 6.14. The lowest BCUT2D eigenvalue weighted by Crippen LogP contribution is -2.26. The van der Waals surface area contributed by atoms with E-state index in [0.29, 0.717) is 35.7 Å². The smallest absolute Gasteiger partial charge is 0.254 e. The van der Waals surface area contributed by atoms with Crippen molar-refractivity contribution in [3.05, 3.63) is 18.3 Å². The Bertz CT molecular complexity index is 733. The molecular weight excluding hydrogens is 316 g/mol. The standard InChI is InChI=1S/C19H22N4O2/c24-17-9-15(11-1-2-11)22-23(17)16-8-7-14(10-20-16)21-19(25)18(12-3-4-12)13-5-6-13/h7-8,10-13,18H,1-6,9H2,(H,21,25). The molecule has 25 heavy (non-hydrogen) atoms. The maximum Gasteiger partial charge on any atom is 0.254 e. The molecule has 2 amide bonds. The second-order valence-electron chi connectivity index (χ2n) is 7.84. The van der Waals surface area contributed by atoms with Crippen LogP contribution in [0.3, 0.4) is 0 Å². The highest BCUT2D eigenvalue weighted by Gasteiger charge is 2.45. The zero-order chi connectivity index (χ0) is 17.0. The lowest BCUT2D eigenvalue weighted by Gasteiger charge is -2.16. The Balaban J connectivity index is 1.27. The molecule has 0 bridgehead atoms. The van der Waals surface area contributed by atoms with Crippen LogP contribution in [0, 0.1) is 23.7 Å². The van der Waals surface area contributed by atoms with Crippen molar-refractivity contribution >= 4 is 29.0 Å². The molecule has 0 atom stereocenters. The molecular formula is C19H22N4O2. The summed E-state index contributed by atoms with van der Waals surface area (Å²) in [6, 6.07) is 3.57. The average molecular weight is 338 g/mol. The van der Waals surface area contributed by atoms with Crippen molar-refractivity contribution in [1.29, 1.82) is 0 Å². The predicted octanol–water partition coefficient (Wildman–Crippen LogP) is 2.96. The Kier molecular flexibility index (Phi) is 3.40. The molecule has 4 aliphatic rings. The van der Waals surface area contributed by atoms with Crippen molar-refractivity contribution in [2.24, 2.45) is 28.8 Å². The van der Waals surface area contributed by atoms with Gasteiger partial charge < -0.3 is 5.32 Å². The molecule has 1 N–H and O–H groups in total. The van der Waals surface area contributed by atoms with Gasteiger partial charge in [-0.1, -0.05) is 0 Å². The molecule has 5 rings (SSSR count). The lowest BCUT2D eigenvalue weighted by molar-refractivity contribution is -0.121. The Morgan fingerprint density at radius 1 is 1.12 bits per heavy atom. The summed E-state index contributed by atoms with van der Waals surface area (Å²) < 4.78 is 0. The molecule has 0 aromatic carbocycles. The number of carbonyl (C=O) groups is 2. The summed E-state index contributed by atoms with van der Waals surface area (Å²) in [5.41, 5.74) is 1.68. The fourth-order valence-electron chi connectivity index (χ4n) is 3.81. The van der Waals surface area contributed by atoms with Gasteiger partial charge in [-0.15, -0.1) is 0 Å². The van der Waals surface area contributed by atoms with Gasteiger partial charge in [0.05, 0.1) is 24.0 Å². The van der Waals surface area contributed by atoms with Crippen LogP contribution in [-0.2, 0) is 9.59 Å². The number of amides is 2.